The summed E-state index contributed by atoms with van der Waals surface area (Å²) >= 11 is 24.9. The number of rotatable bonds is 4. The van der Waals surface area contributed by atoms with Crippen LogP contribution in [-0.4, -0.2) is 27.6 Å². The number of aromatic hydroxyl groups is 1. The van der Waals surface area contributed by atoms with E-state index in [9.17, 15) is 19.5 Å². The number of phenolic OH excluding ortho intramolecular Hbond substituents is 1. The molecule has 0 atom stereocenters. The first-order valence-corrected chi connectivity index (χ1v) is 15.3. The highest BCUT2D eigenvalue weighted by atomic mass is 35.5. The van der Waals surface area contributed by atoms with Gasteiger partial charge in [-0.05, 0) is 39.7 Å². The average molecular weight is 673 g/mol. The molecule has 0 amide bonds. The fraction of sp³-hybridized carbons (Fsp3) is 0.294. The Hall–Kier alpha value is -3.16. The van der Waals surface area contributed by atoms with Gasteiger partial charge < -0.3 is 9.84 Å². The van der Waals surface area contributed by atoms with Crippen molar-refractivity contribution in [3.05, 3.63) is 96.1 Å². The summed E-state index contributed by atoms with van der Waals surface area (Å²) in [5.41, 5.74) is 1.68. The van der Waals surface area contributed by atoms with Gasteiger partial charge in [0.1, 0.15) is 17.2 Å². The quantitative estimate of drug-likeness (QED) is 0.0763. The Bertz CT molecular complexity index is 1820. The number of ketones is 2. The zero-order valence-corrected chi connectivity index (χ0v) is 27.9. The topological polar surface area (TPSA) is 93.6 Å². The summed E-state index contributed by atoms with van der Waals surface area (Å²) in [6.07, 6.45) is -0.0596. The van der Waals surface area contributed by atoms with Gasteiger partial charge in [0.05, 0.1) is 43.3 Å². The molecule has 1 N–H and O–H groups in total. The van der Waals surface area contributed by atoms with E-state index in [4.69, 9.17) is 51.1 Å². The second kappa shape index (κ2) is 11.3. The standard InChI is InChI=1S/C34H29Cl4NO5/c1-33(2,3)17-12-15(13-18(30(17)41)34(4,5)6)14-21(40)44-20-9-7-8-16-10-11-19(39-29(16)20)22-31(42)23-24(32(22)43)26(36)28(38)27(37)25(23)35/h7-13,22,41H,14H2,1-6H3. The van der Waals surface area contributed by atoms with Gasteiger partial charge >= 0.3 is 5.97 Å². The number of carbonyl (C=O) groups excluding carboxylic acids is 3. The van der Waals surface area contributed by atoms with E-state index in [-0.39, 0.29) is 65.7 Å². The highest BCUT2D eigenvalue weighted by Gasteiger charge is 2.45. The van der Waals surface area contributed by atoms with Crippen molar-refractivity contribution < 1.29 is 24.2 Å². The first-order chi connectivity index (χ1) is 20.4. The zero-order chi connectivity index (χ0) is 32.5. The van der Waals surface area contributed by atoms with Crippen molar-refractivity contribution >= 4 is 74.8 Å². The van der Waals surface area contributed by atoms with E-state index >= 15 is 0 Å². The van der Waals surface area contributed by atoms with Crippen molar-refractivity contribution in [3.8, 4) is 11.5 Å². The van der Waals surface area contributed by atoms with Crippen LogP contribution in [0.4, 0.5) is 0 Å². The van der Waals surface area contributed by atoms with E-state index in [0.29, 0.717) is 16.5 Å². The van der Waals surface area contributed by atoms with Crippen LogP contribution in [0.2, 0.25) is 20.1 Å². The molecule has 0 aliphatic heterocycles. The van der Waals surface area contributed by atoms with Crippen LogP contribution in [0.25, 0.3) is 10.9 Å². The van der Waals surface area contributed by atoms with Crippen LogP contribution in [-0.2, 0) is 22.0 Å². The number of Topliss-reactive ketones (excluding diaryl/α,β-unsaturated/α-hetero) is 2. The highest BCUT2D eigenvalue weighted by molar-refractivity contribution is 6.55. The van der Waals surface area contributed by atoms with E-state index in [1.807, 2.05) is 53.7 Å². The second-order valence-corrected chi connectivity index (χ2v) is 14.4. The van der Waals surface area contributed by atoms with Crippen molar-refractivity contribution in [1.82, 2.24) is 4.98 Å². The second-order valence-electron chi connectivity index (χ2n) is 12.9. The summed E-state index contributed by atoms with van der Waals surface area (Å²) < 4.78 is 5.80. The maximum atomic E-state index is 13.5. The molecule has 4 aromatic rings. The molecule has 0 saturated heterocycles. The van der Waals surface area contributed by atoms with Crippen molar-refractivity contribution in [1.29, 1.82) is 0 Å². The molecule has 3 aromatic carbocycles. The lowest BCUT2D eigenvalue weighted by atomic mass is 9.78. The third kappa shape index (κ3) is 5.58. The number of esters is 1. The molecule has 0 spiro atoms. The maximum absolute atomic E-state index is 13.5. The number of hydrogen-bond acceptors (Lipinski definition) is 6. The third-order valence-electron chi connectivity index (χ3n) is 7.64. The molecule has 1 aromatic heterocycles. The van der Waals surface area contributed by atoms with E-state index in [2.05, 4.69) is 4.98 Å². The Morgan fingerprint density at radius 3 is 1.84 bits per heavy atom. The molecule has 5 rings (SSSR count). The minimum Gasteiger partial charge on any atom is -0.507 e. The Kier molecular flexibility index (Phi) is 8.30. The zero-order valence-electron chi connectivity index (χ0n) is 24.9. The average Bonchev–Trinajstić information content (AvgIpc) is 3.20. The minimum absolute atomic E-state index is 0.0596. The summed E-state index contributed by atoms with van der Waals surface area (Å²) in [5.74, 6) is -2.69. The predicted octanol–water partition coefficient (Wildman–Crippen LogP) is 9.46. The number of pyridine rings is 1. The number of hydrogen-bond donors (Lipinski definition) is 1. The van der Waals surface area contributed by atoms with Gasteiger partial charge in [-0.3, -0.25) is 14.4 Å². The number of phenols is 1. The molecule has 1 heterocycles. The highest BCUT2D eigenvalue weighted by Crippen LogP contribution is 2.48. The normalized spacial score (nSPS) is 14.0. The van der Waals surface area contributed by atoms with Crippen molar-refractivity contribution in [2.75, 3.05) is 0 Å². The Labute approximate surface area is 275 Å². The fourth-order valence-electron chi connectivity index (χ4n) is 5.41. The SMILES string of the molecule is CC(C)(C)c1cc(CC(=O)Oc2cccc3ccc(C4C(=O)c5c(Cl)c(Cl)c(Cl)c(Cl)c5C4=O)nc23)cc(C(C)(C)C)c1O. The minimum atomic E-state index is -1.33. The summed E-state index contributed by atoms with van der Waals surface area (Å²) in [4.78, 5) is 44.8. The molecule has 0 fully saturated rings. The van der Waals surface area contributed by atoms with Gasteiger partial charge in [0.2, 0.25) is 0 Å². The number of nitrogens with zero attached hydrogens (tertiary/aromatic N) is 1. The number of fused-ring (bicyclic) bond motifs is 2. The summed E-state index contributed by atoms with van der Waals surface area (Å²) in [7, 11) is 0. The Balaban J connectivity index is 1.50. The van der Waals surface area contributed by atoms with Gasteiger partial charge in [0.25, 0.3) is 0 Å². The molecular weight excluding hydrogens is 644 g/mol. The van der Waals surface area contributed by atoms with E-state index in [1.165, 1.54) is 0 Å². The van der Waals surface area contributed by atoms with Crippen molar-refractivity contribution in [2.24, 2.45) is 0 Å². The van der Waals surface area contributed by atoms with Crippen LogP contribution in [0, 0.1) is 0 Å². The monoisotopic (exact) mass is 671 g/mol. The summed E-state index contributed by atoms with van der Waals surface area (Å²) in [5, 5.41) is 11.1. The summed E-state index contributed by atoms with van der Waals surface area (Å²) in [6, 6.07) is 12.0. The van der Waals surface area contributed by atoms with Crippen LogP contribution in [0.15, 0.2) is 42.5 Å². The van der Waals surface area contributed by atoms with Crippen molar-refractivity contribution in [3.63, 3.8) is 0 Å². The number of aromatic nitrogens is 1. The molecule has 0 radical (unpaired) electrons. The third-order valence-corrected chi connectivity index (χ3v) is 9.44. The Morgan fingerprint density at radius 1 is 0.818 bits per heavy atom. The molecule has 10 heteroatoms. The number of ether oxygens (including phenoxy) is 1. The molecule has 0 saturated carbocycles. The van der Waals surface area contributed by atoms with Crippen LogP contribution in [0.1, 0.15) is 90.6 Å². The van der Waals surface area contributed by atoms with Gasteiger partial charge in [-0.1, -0.05) is 118 Å². The smallest absolute Gasteiger partial charge is 0.315 e. The van der Waals surface area contributed by atoms with Gasteiger partial charge in [0.15, 0.2) is 17.3 Å². The van der Waals surface area contributed by atoms with Crippen LogP contribution in [0.5, 0.6) is 11.5 Å². The van der Waals surface area contributed by atoms with Gasteiger partial charge in [-0.25, -0.2) is 4.98 Å². The van der Waals surface area contributed by atoms with Crippen molar-refractivity contribution in [2.45, 2.75) is 64.7 Å². The van der Waals surface area contributed by atoms with Crippen LogP contribution < -0.4 is 4.74 Å². The molecular formula is C34H29Cl4NO5. The largest absolute Gasteiger partial charge is 0.507 e. The first-order valence-electron chi connectivity index (χ1n) is 13.8. The number of carbonyl (C=O) groups is 3. The van der Waals surface area contributed by atoms with Gasteiger partial charge in [0, 0.05) is 5.39 Å². The molecule has 1 aliphatic rings. The maximum Gasteiger partial charge on any atom is 0.315 e. The molecule has 6 nitrogen and oxygen atoms in total. The molecule has 0 unspecified atom stereocenters. The molecule has 1 aliphatic carbocycles. The van der Waals surface area contributed by atoms with Gasteiger partial charge in [-0.15, -0.1) is 0 Å². The number of halogens is 4. The number of para-hydroxylation sites is 1. The number of benzene rings is 3. The molecule has 0 bridgehead atoms. The predicted molar refractivity (Wildman–Crippen MR) is 174 cm³/mol. The van der Waals surface area contributed by atoms with Gasteiger partial charge in [-0.2, -0.15) is 0 Å². The van der Waals surface area contributed by atoms with E-state index in [1.54, 1.807) is 30.3 Å². The van der Waals surface area contributed by atoms with E-state index < -0.39 is 23.5 Å². The lowest BCUT2D eigenvalue weighted by molar-refractivity contribution is -0.133. The Morgan fingerprint density at radius 2 is 1.34 bits per heavy atom. The first kappa shape index (κ1) is 32.2. The lowest BCUT2D eigenvalue weighted by Gasteiger charge is -2.28. The summed E-state index contributed by atoms with van der Waals surface area (Å²) in [6.45, 7) is 12.0. The van der Waals surface area contributed by atoms with Crippen LogP contribution in [0.3, 0.4) is 0 Å². The van der Waals surface area contributed by atoms with Crippen LogP contribution >= 0.6 is 46.4 Å². The molecule has 44 heavy (non-hydrogen) atoms. The molecule has 228 valence electrons. The van der Waals surface area contributed by atoms with E-state index in [0.717, 1.165) is 11.1 Å². The fourth-order valence-corrected chi connectivity index (χ4v) is 6.45. The lowest BCUT2D eigenvalue weighted by Crippen LogP contribution is -2.19.